The second kappa shape index (κ2) is 6.03. The van der Waals surface area contributed by atoms with Gasteiger partial charge in [-0.15, -0.1) is 0 Å². The van der Waals surface area contributed by atoms with Gasteiger partial charge in [-0.05, 0) is 25.6 Å². The molecule has 2 aromatic heterocycles. The highest BCUT2D eigenvalue weighted by Crippen LogP contribution is 2.25. The van der Waals surface area contributed by atoms with Crippen molar-refractivity contribution in [3.05, 3.63) is 39.9 Å². The van der Waals surface area contributed by atoms with Crippen LogP contribution in [0.15, 0.2) is 27.4 Å². The number of piperazine rings is 1. The Labute approximate surface area is 140 Å². The minimum Gasteiger partial charge on any atom is -0.449 e. The van der Waals surface area contributed by atoms with Crippen LogP contribution in [0.3, 0.4) is 0 Å². The summed E-state index contributed by atoms with van der Waals surface area (Å²) in [6.45, 7) is 10.1. The molecule has 1 saturated heterocycles. The normalized spacial score (nSPS) is 17.1. The highest BCUT2D eigenvalue weighted by atomic mass is 16.3. The lowest BCUT2D eigenvalue weighted by molar-refractivity contribution is 0.129. The van der Waals surface area contributed by atoms with Crippen LogP contribution in [0.5, 0.6) is 0 Å². The Kier molecular flexibility index (Phi) is 3.86. The highest BCUT2D eigenvalue weighted by Gasteiger charge is 2.18. The number of H-pyrrole nitrogens is 1. The zero-order valence-electron chi connectivity index (χ0n) is 14.1. The molecule has 0 atom stereocenters. The Morgan fingerprint density at radius 1 is 1.21 bits per heavy atom. The number of hydrogen-bond donors (Lipinski definition) is 1. The molecule has 4 rings (SSSR count). The number of furan rings is 1. The van der Waals surface area contributed by atoms with Gasteiger partial charge in [0.05, 0.1) is 6.54 Å². The topological polar surface area (TPSA) is 65.4 Å². The molecule has 1 N–H and O–H groups in total. The van der Waals surface area contributed by atoms with Crippen molar-refractivity contribution in [1.29, 1.82) is 0 Å². The van der Waals surface area contributed by atoms with Crippen molar-refractivity contribution >= 4 is 22.1 Å². The maximum absolute atomic E-state index is 12.4. The van der Waals surface area contributed by atoms with E-state index < -0.39 is 0 Å². The van der Waals surface area contributed by atoms with Gasteiger partial charge < -0.3 is 14.3 Å². The Hall–Kier alpha value is -2.18. The molecule has 3 heterocycles. The van der Waals surface area contributed by atoms with Crippen molar-refractivity contribution in [3.8, 4) is 0 Å². The molecule has 126 valence electrons. The third kappa shape index (κ3) is 2.72. The number of fused-ring (bicyclic) bond motifs is 3. The van der Waals surface area contributed by atoms with Crippen LogP contribution < -0.4 is 5.56 Å². The molecule has 0 spiro atoms. The summed E-state index contributed by atoms with van der Waals surface area (Å²) in [5, 5.41) is 0.910. The summed E-state index contributed by atoms with van der Waals surface area (Å²) in [6, 6.07) is 5.90. The molecule has 0 aliphatic carbocycles. The minimum absolute atomic E-state index is 0.198. The minimum atomic E-state index is -0.198. The van der Waals surface area contributed by atoms with Crippen LogP contribution in [-0.4, -0.2) is 52.5 Å². The fourth-order valence-electron chi connectivity index (χ4n) is 3.36. The van der Waals surface area contributed by atoms with E-state index in [2.05, 4.69) is 21.7 Å². The lowest BCUT2D eigenvalue weighted by Crippen LogP contribution is -2.45. The van der Waals surface area contributed by atoms with Gasteiger partial charge in [0.15, 0.2) is 0 Å². The number of nitrogens with zero attached hydrogens (tertiary/aromatic N) is 3. The number of likely N-dealkylation sites (N-methyl/N-ethyl adjacent to an activating group) is 1. The molecule has 6 nitrogen and oxygen atoms in total. The highest BCUT2D eigenvalue weighted by molar-refractivity contribution is 6.02. The number of benzene rings is 1. The SMILES string of the molecule is CCN1CCN(Cc2nc3c(oc4ccc(C)cc43)c(=O)[nH]2)CC1. The predicted molar refractivity (Wildman–Crippen MR) is 94.3 cm³/mol. The second-order valence-corrected chi connectivity index (χ2v) is 6.50. The summed E-state index contributed by atoms with van der Waals surface area (Å²) in [4.78, 5) is 24.7. The number of aryl methyl sites for hydroxylation is 1. The zero-order chi connectivity index (χ0) is 16.7. The summed E-state index contributed by atoms with van der Waals surface area (Å²) >= 11 is 0. The molecule has 0 amide bonds. The van der Waals surface area contributed by atoms with E-state index in [1.807, 2.05) is 25.1 Å². The summed E-state index contributed by atoms with van der Waals surface area (Å²) < 4.78 is 5.69. The summed E-state index contributed by atoms with van der Waals surface area (Å²) in [5.41, 5.74) is 2.62. The summed E-state index contributed by atoms with van der Waals surface area (Å²) in [5.74, 6) is 0.710. The lowest BCUT2D eigenvalue weighted by Gasteiger charge is -2.33. The molecule has 1 aliphatic heterocycles. The van der Waals surface area contributed by atoms with Crippen molar-refractivity contribution in [3.63, 3.8) is 0 Å². The van der Waals surface area contributed by atoms with Crippen LogP contribution in [0, 0.1) is 6.92 Å². The first kappa shape index (κ1) is 15.4. The molecular formula is C18H22N4O2. The Morgan fingerprint density at radius 3 is 2.71 bits per heavy atom. The third-order valence-corrected chi connectivity index (χ3v) is 4.81. The van der Waals surface area contributed by atoms with E-state index >= 15 is 0 Å². The number of rotatable bonds is 3. The first-order valence-electron chi connectivity index (χ1n) is 8.51. The first-order chi connectivity index (χ1) is 11.6. The Morgan fingerprint density at radius 2 is 1.96 bits per heavy atom. The van der Waals surface area contributed by atoms with Crippen molar-refractivity contribution in [1.82, 2.24) is 19.8 Å². The van der Waals surface area contributed by atoms with Gasteiger partial charge >= 0.3 is 0 Å². The molecule has 0 bridgehead atoms. The van der Waals surface area contributed by atoms with Gasteiger partial charge in [0.2, 0.25) is 5.58 Å². The van der Waals surface area contributed by atoms with E-state index in [4.69, 9.17) is 9.40 Å². The van der Waals surface area contributed by atoms with Gasteiger partial charge in [-0.25, -0.2) is 4.98 Å². The van der Waals surface area contributed by atoms with Crippen molar-refractivity contribution in [2.75, 3.05) is 32.7 Å². The molecule has 1 fully saturated rings. The van der Waals surface area contributed by atoms with E-state index in [0.717, 1.165) is 43.7 Å². The largest absolute Gasteiger partial charge is 0.449 e. The van der Waals surface area contributed by atoms with Gasteiger partial charge in [0.25, 0.3) is 5.56 Å². The lowest BCUT2D eigenvalue weighted by atomic mass is 10.2. The van der Waals surface area contributed by atoms with Gasteiger partial charge in [0.1, 0.15) is 16.9 Å². The van der Waals surface area contributed by atoms with E-state index in [9.17, 15) is 4.79 Å². The van der Waals surface area contributed by atoms with E-state index in [1.54, 1.807) is 0 Å². The average molecular weight is 326 g/mol. The van der Waals surface area contributed by atoms with E-state index in [1.165, 1.54) is 0 Å². The van der Waals surface area contributed by atoms with Crippen molar-refractivity contribution in [2.45, 2.75) is 20.4 Å². The fourth-order valence-corrected chi connectivity index (χ4v) is 3.36. The van der Waals surface area contributed by atoms with Gasteiger partial charge in [-0.3, -0.25) is 9.69 Å². The smallest absolute Gasteiger partial charge is 0.294 e. The molecular weight excluding hydrogens is 304 g/mol. The van der Waals surface area contributed by atoms with Crippen molar-refractivity contribution < 1.29 is 4.42 Å². The third-order valence-electron chi connectivity index (χ3n) is 4.81. The number of aromatic nitrogens is 2. The molecule has 6 heteroatoms. The maximum Gasteiger partial charge on any atom is 0.294 e. The van der Waals surface area contributed by atoms with Crippen LogP contribution >= 0.6 is 0 Å². The fraction of sp³-hybridized carbons (Fsp3) is 0.444. The standard InChI is InChI=1S/C18H22N4O2/c1-3-21-6-8-22(9-7-21)11-15-19-16-13-10-12(2)4-5-14(13)24-17(16)18(23)20-15/h4-5,10H,3,6-9,11H2,1-2H3,(H,19,20,23). The molecule has 0 saturated carbocycles. The van der Waals surface area contributed by atoms with Crippen LogP contribution in [0.25, 0.3) is 22.1 Å². The van der Waals surface area contributed by atoms with Crippen LogP contribution in [0.1, 0.15) is 18.3 Å². The maximum atomic E-state index is 12.4. The second-order valence-electron chi connectivity index (χ2n) is 6.50. The van der Waals surface area contributed by atoms with Gasteiger partial charge in [-0.2, -0.15) is 0 Å². The molecule has 0 unspecified atom stereocenters. The molecule has 24 heavy (non-hydrogen) atoms. The summed E-state index contributed by atoms with van der Waals surface area (Å²) in [7, 11) is 0. The van der Waals surface area contributed by atoms with Crippen LogP contribution in [-0.2, 0) is 6.54 Å². The van der Waals surface area contributed by atoms with E-state index in [0.29, 0.717) is 29.1 Å². The van der Waals surface area contributed by atoms with E-state index in [-0.39, 0.29) is 5.56 Å². The number of nitrogens with one attached hydrogen (secondary N) is 1. The number of hydrogen-bond acceptors (Lipinski definition) is 5. The molecule has 0 radical (unpaired) electrons. The molecule has 1 aliphatic rings. The molecule has 1 aromatic carbocycles. The van der Waals surface area contributed by atoms with Crippen molar-refractivity contribution in [2.24, 2.45) is 0 Å². The first-order valence-corrected chi connectivity index (χ1v) is 8.51. The average Bonchev–Trinajstić information content (AvgIpc) is 2.94. The predicted octanol–water partition coefficient (Wildman–Crippen LogP) is 2.12. The quantitative estimate of drug-likeness (QED) is 0.798. The van der Waals surface area contributed by atoms with Gasteiger partial charge in [0, 0.05) is 31.6 Å². The Bertz CT molecular complexity index is 935. The molecule has 3 aromatic rings. The van der Waals surface area contributed by atoms with Crippen LogP contribution in [0.2, 0.25) is 0 Å². The summed E-state index contributed by atoms with van der Waals surface area (Å²) in [6.07, 6.45) is 0. The van der Waals surface area contributed by atoms with Crippen LogP contribution in [0.4, 0.5) is 0 Å². The Balaban J connectivity index is 1.68. The number of aromatic amines is 1. The van der Waals surface area contributed by atoms with Gasteiger partial charge in [-0.1, -0.05) is 18.6 Å². The monoisotopic (exact) mass is 326 g/mol. The zero-order valence-corrected chi connectivity index (χ0v) is 14.1.